The summed E-state index contributed by atoms with van der Waals surface area (Å²) in [4.78, 5) is 18.2. The van der Waals surface area contributed by atoms with Crippen molar-refractivity contribution in [1.82, 2.24) is 9.88 Å². The van der Waals surface area contributed by atoms with Crippen molar-refractivity contribution in [2.75, 3.05) is 19.0 Å². The molecule has 4 rings (SSSR count). The largest absolute Gasteiger partial charge is 0.497 e. The molecule has 0 aliphatic carbocycles. The van der Waals surface area contributed by atoms with Crippen molar-refractivity contribution >= 4 is 57.4 Å². The van der Waals surface area contributed by atoms with E-state index in [0.717, 1.165) is 27.8 Å². The van der Waals surface area contributed by atoms with Crippen LogP contribution in [-0.2, 0) is 13.0 Å². The van der Waals surface area contributed by atoms with Gasteiger partial charge in [0.25, 0.3) is 0 Å². The van der Waals surface area contributed by atoms with Crippen molar-refractivity contribution in [1.29, 1.82) is 0 Å². The Kier molecular flexibility index (Phi) is 7.33. The van der Waals surface area contributed by atoms with Crippen molar-refractivity contribution in [3.63, 3.8) is 0 Å². The molecule has 5 nitrogen and oxygen atoms in total. The number of carbonyl (C=O) groups excluding carboxylic acids is 1. The Labute approximate surface area is 207 Å². The summed E-state index contributed by atoms with van der Waals surface area (Å²) in [6.07, 6.45) is 2.64. The molecule has 0 aliphatic rings. The minimum Gasteiger partial charge on any atom is -0.497 e. The molecule has 0 unspecified atom stereocenters. The van der Waals surface area contributed by atoms with Gasteiger partial charge in [-0.3, -0.25) is 0 Å². The molecule has 4 aromatic rings. The predicted octanol–water partition coefficient (Wildman–Crippen LogP) is 7.41. The van der Waals surface area contributed by atoms with Crippen LogP contribution in [-0.4, -0.2) is 29.6 Å². The number of urea groups is 1. The number of rotatable bonds is 7. The van der Waals surface area contributed by atoms with E-state index in [1.807, 2.05) is 48.7 Å². The van der Waals surface area contributed by atoms with E-state index < -0.39 is 0 Å². The smallest absolute Gasteiger partial charge is 0.322 e. The van der Waals surface area contributed by atoms with Crippen LogP contribution < -0.4 is 10.1 Å². The Morgan fingerprint density at radius 3 is 2.52 bits per heavy atom. The predicted molar refractivity (Wildman–Crippen MR) is 136 cm³/mol. The number of hydrogen-bond acceptors (Lipinski definition) is 2. The molecule has 1 heterocycles. The van der Waals surface area contributed by atoms with Gasteiger partial charge in [-0.2, -0.15) is 0 Å². The summed E-state index contributed by atoms with van der Waals surface area (Å²) in [7, 11) is 1.65. The van der Waals surface area contributed by atoms with Crippen LogP contribution in [0, 0.1) is 0 Å². The number of aromatic nitrogens is 1. The molecule has 0 spiro atoms. The van der Waals surface area contributed by atoms with Crippen molar-refractivity contribution in [2.24, 2.45) is 0 Å². The highest BCUT2D eigenvalue weighted by molar-refractivity contribution is 6.42. The number of nitrogens with one attached hydrogen (secondary N) is 2. The van der Waals surface area contributed by atoms with Gasteiger partial charge < -0.3 is 19.9 Å². The number of halogens is 3. The van der Waals surface area contributed by atoms with Crippen LogP contribution >= 0.6 is 34.8 Å². The van der Waals surface area contributed by atoms with Crippen LogP contribution in [0.5, 0.6) is 5.75 Å². The number of amides is 2. The molecule has 0 radical (unpaired) electrons. The number of ether oxygens (including phenoxy) is 1. The highest BCUT2D eigenvalue weighted by Crippen LogP contribution is 2.26. The number of methoxy groups -OCH3 is 1. The fraction of sp³-hybridized carbons (Fsp3) is 0.160. The standard InChI is InChI=1S/C25H22Cl3N3O2/c1-33-20-7-9-24-21(13-20)17(14-29-24)10-11-31(15-16-2-4-18(26)5-3-16)25(32)30-19-6-8-22(27)23(28)12-19/h2-9,12-14,29H,10-11,15H2,1H3,(H,30,32). The number of anilines is 1. The van der Waals surface area contributed by atoms with Gasteiger partial charge in [-0.05, 0) is 66.1 Å². The van der Waals surface area contributed by atoms with Crippen molar-refractivity contribution < 1.29 is 9.53 Å². The van der Waals surface area contributed by atoms with E-state index in [2.05, 4.69) is 10.3 Å². The quantitative estimate of drug-likeness (QED) is 0.276. The van der Waals surface area contributed by atoms with Crippen molar-refractivity contribution in [2.45, 2.75) is 13.0 Å². The molecule has 0 atom stereocenters. The fourth-order valence-corrected chi connectivity index (χ4v) is 4.01. The summed E-state index contributed by atoms with van der Waals surface area (Å²) in [5, 5.41) is 5.46. The summed E-state index contributed by atoms with van der Waals surface area (Å²) >= 11 is 18.1. The average molecular weight is 503 g/mol. The van der Waals surface area contributed by atoms with Gasteiger partial charge in [0, 0.05) is 40.9 Å². The summed E-state index contributed by atoms with van der Waals surface area (Å²) < 4.78 is 5.36. The first-order chi connectivity index (χ1) is 15.9. The Balaban J connectivity index is 1.54. The van der Waals surface area contributed by atoms with E-state index in [-0.39, 0.29) is 6.03 Å². The molecular weight excluding hydrogens is 481 g/mol. The molecule has 0 bridgehead atoms. The third-order valence-corrected chi connectivity index (χ3v) is 6.36. The second kappa shape index (κ2) is 10.4. The first-order valence-electron chi connectivity index (χ1n) is 10.3. The number of hydrogen-bond donors (Lipinski definition) is 2. The van der Waals surface area contributed by atoms with E-state index in [4.69, 9.17) is 39.5 Å². The van der Waals surface area contributed by atoms with E-state index in [1.54, 1.807) is 30.2 Å². The van der Waals surface area contributed by atoms with Crippen molar-refractivity contribution in [3.05, 3.63) is 93.1 Å². The molecule has 8 heteroatoms. The second-order valence-corrected chi connectivity index (χ2v) is 8.83. The van der Waals surface area contributed by atoms with Gasteiger partial charge in [0.15, 0.2) is 0 Å². The molecule has 3 aromatic carbocycles. The van der Waals surface area contributed by atoms with E-state index >= 15 is 0 Å². The zero-order valence-electron chi connectivity index (χ0n) is 17.9. The molecule has 1 aromatic heterocycles. The summed E-state index contributed by atoms with van der Waals surface area (Å²) in [6.45, 7) is 0.927. The lowest BCUT2D eigenvalue weighted by Crippen LogP contribution is -2.36. The fourth-order valence-electron chi connectivity index (χ4n) is 3.59. The average Bonchev–Trinajstić information content (AvgIpc) is 3.22. The molecular formula is C25H22Cl3N3O2. The molecule has 0 aliphatic heterocycles. The zero-order valence-corrected chi connectivity index (χ0v) is 20.1. The third kappa shape index (κ3) is 5.74. The highest BCUT2D eigenvalue weighted by atomic mass is 35.5. The number of nitrogens with zero attached hydrogens (tertiary/aromatic N) is 1. The van der Waals surface area contributed by atoms with Crippen LogP contribution in [0.2, 0.25) is 15.1 Å². The maximum atomic E-state index is 13.2. The summed E-state index contributed by atoms with van der Waals surface area (Å²) in [6, 6.07) is 18.1. The van der Waals surface area contributed by atoms with Gasteiger partial charge in [0.05, 0.1) is 17.2 Å². The Bertz CT molecular complexity index is 1270. The number of fused-ring (bicyclic) bond motifs is 1. The Morgan fingerprint density at radius 1 is 1.00 bits per heavy atom. The van der Waals surface area contributed by atoms with Gasteiger partial charge in [-0.25, -0.2) is 4.79 Å². The lowest BCUT2D eigenvalue weighted by Gasteiger charge is -2.23. The number of aromatic amines is 1. The lowest BCUT2D eigenvalue weighted by atomic mass is 10.1. The number of benzene rings is 3. The van der Waals surface area contributed by atoms with Crippen LogP contribution in [0.4, 0.5) is 10.5 Å². The van der Waals surface area contributed by atoms with Gasteiger partial charge in [-0.1, -0.05) is 46.9 Å². The van der Waals surface area contributed by atoms with Crippen LogP contribution in [0.1, 0.15) is 11.1 Å². The topological polar surface area (TPSA) is 57.4 Å². The van der Waals surface area contributed by atoms with E-state index in [0.29, 0.717) is 40.3 Å². The SMILES string of the molecule is COc1ccc2[nH]cc(CCN(Cc3ccc(Cl)cc3)C(=O)Nc3ccc(Cl)c(Cl)c3)c2c1. The maximum Gasteiger partial charge on any atom is 0.322 e. The Morgan fingerprint density at radius 2 is 1.79 bits per heavy atom. The minimum atomic E-state index is -0.235. The molecule has 33 heavy (non-hydrogen) atoms. The molecule has 170 valence electrons. The van der Waals surface area contributed by atoms with Crippen LogP contribution in [0.15, 0.2) is 66.9 Å². The first-order valence-corrected chi connectivity index (χ1v) is 11.5. The Hall–Kier alpha value is -2.86. The molecule has 0 fully saturated rings. The minimum absolute atomic E-state index is 0.235. The number of carbonyl (C=O) groups is 1. The second-order valence-electron chi connectivity index (χ2n) is 7.58. The van der Waals surface area contributed by atoms with Gasteiger partial charge in [0.1, 0.15) is 5.75 Å². The molecule has 0 saturated carbocycles. The molecule has 0 saturated heterocycles. The van der Waals surface area contributed by atoms with Crippen LogP contribution in [0.3, 0.4) is 0 Å². The van der Waals surface area contributed by atoms with E-state index in [9.17, 15) is 4.79 Å². The lowest BCUT2D eigenvalue weighted by molar-refractivity contribution is 0.210. The highest BCUT2D eigenvalue weighted by Gasteiger charge is 2.16. The van der Waals surface area contributed by atoms with Gasteiger partial charge >= 0.3 is 6.03 Å². The van der Waals surface area contributed by atoms with Crippen molar-refractivity contribution in [3.8, 4) is 5.75 Å². The van der Waals surface area contributed by atoms with Crippen LogP contribution in [0.25, 0.3) is 10.9 Å². The van der Waals surface area contributed by atoms with Gasteiger partial charge in [0.2, 0.25) is 0 Å². The third-order valence-electron chi connectivity index (χ3n) is 5.37. The maximum absolute atomic E-state index is 13.2. The summed E-state index contributed by atoms with van der Waals surface area (Å²) in [5.74, 6) is 0.790. The molecule has 2 amide bonds. The number of H-pyrrole nitrogens is 1. The van der Waals surface area contributed by atoms with Gasteiger partial charge in [-0.15, -0.1) is 0 Å². The zero-order chi connectivity index (χ0) is 23.4. The normalized spacial score (nSPS) is 10.9. The van der Waals surface area contributed by atoms with E-state index in [1.165, 1.54) is 0 Å². The monoisotopic (exact) mass is 501 g/mol. The summed E-state index contributed by atoms with van der Waals surface area (Å²) in [5.41, 5.74) is 3.68. The first kappa shape index (κ1) is 23.3. The molecule has 2 N–H and O–H groups in total.